The minimum absolute atomic E-state index is 0.0198. The van der Waals surface area contributed by atoms with Gasteiger partial charge in [-0.2, -0.15) is 22.0 Å². The van der Waals surface area contributed by atoms with Crippen molar-refractivity contribution in [1.82, 2.24) is 9.37 Å². The molecule has 6 rings (SSSR count). The van der Waals surface area contributed by atoms with Crippen molar-refractivity contribution < 1.29 is 49.5 Å². The molecule has 9 nitrogen and oxygen atoms in total. The highest BCUT2D eigenvalue weighted by Crippen LogP contribution is 2.43. The maximum atomic E-state index is 16.7. The third kappa shape index (κ3) is 7.08. The normalized spacial score (nSPS) is 22.4. The second-order valence-corrected chi connectivity index (χ2v) is 14.9. The Morgan fingerprint density at radius 1 is 0.878 bits per heavy atom. The molecule has 2 heterocycles. The van der Waals surface area contributed by atoms with E-state index in [1.54, 1.807) is 12.1 Å². The zero-order valence-corrected chi connectivity index (χ0v) is 27.5. The largest absolute Gasteiger partial charge is 0.492 e. The standard InChI is InChI=1S/C33H33ClF5N3O6S/c34-22-9-7-21(8-10-22)32(35,36)29(30(43)41-24-11-12-25(41)18-23(40)17-24)42(48-31(44)33(37,38)39)49(45,46)28-14-6-19-15-27(13-5-20(19)16-28)47-26-3-1-2-4-26/h5-10,13-16,23-26,29H,1-4,11-12,17-18,40H2/t23?,24?,25?,29-/m1/s1. The third-order valence-corrected chi connectivity index (χ3v) is 11.2. The van der Waals surface area contributed by atoms with Crippen molar-refractivity contribution in [3.05, 3.63) is 71.2 Å². The first-order valence-corrected chi connectivity index (χ1v) is 17.6. The highest BCUT2D eigenvalue weighted by molar-refractivity contribution is 7.89. The van der Waals surface area contributed by atoms with Crippen LogP contribution in [0.15, 0.2) is 65.6 Å². The van der Waals surface area contributed by atoms with Crippen LogP contribution in [0.1, 0.15) is 56.9 Å². The Morgan fingerprint density at radius 3 is 2.08 bits per heavy atom. The number of fused-ring (bicyclic) bond motifs is 3. The van der Waals surface area contributed by atoms with Gasteiger partial charge in [0.2, 0.25) is 6.04 Å². The van der Waals surface area contributed by atoms with E-state index in [1.165, 1.54) is 12.1 Å². The van der Waals surface area contributed by atoms with E-state index in [2.05, 4.69) is 4.84 Å². The number of carbonyl (C=O) groups is 2. The average molecular weight is 730 g/mol. The Balaban J connectivity index is 1.46. The molecule has 2 N–H and O–H groups in total. The smallest absolute Gasteiger partial charge is 0.490 e. The summed E-state index contributed by atoms with van der Waals surface area (Å²) in [5, 5.41) is 0.761. The summed E-state index contributed by atoms with van der Waals surface area (Å²) in [4.78, 5) is 31.1. The molecule has 1 amide bonds. The van der Waals surface area contributed by atoms with Crippen LogP contribution in [0.5, 0.6) is 5.75 Å². The molecule has 1 aliphatic carbocycles. The van der Waals surface area contributed by atoms with Crippen LogP contribution in [-0.2, 0) is 30.4 Å². The van der Waals surface area contributed by atoms with Crippen molar-refractivity contribution in [1.29, 1.82) is 0 Å². The highest BCUT2D eigenvalue weighted by atomic mass is 35.5. The van der Waals surface area contributed by atoms with Gasteiger partial charge in [0.25, 0.3) is 15.9 Å². The number of piperidine rings is 1. The van der Waals surface area contributed by atoms with Gasteiger partial charge >= 0.3 is 18.1 Å². The topological polar surface area (TPSA) is 119 Å². The number of ether oxygens (including phenoxy) is 1. The maximum absolute atomic E-state index is 16.7. The summed E-state index contributed by atoms with van der Waals surface area (Å²) in [6.07, 6.45) is -0.845. The van der Waals surface area contributed by atoms with Gasteiger partial charge in [0.05, 0.1) is 11.0 Å². The lowest BCUT2D eigenvalue weighted by atomic mass is 9.94. The summed E-state index contributed by atoms with van der Waals surface area (Å²) in [5.74, 6) is -8.67. The fourth-order valence-corrected chi connectivity index (χ4v) is 8.56. The van der Waals surface area contributed by atoms with Gasteiger partial charge in [0.15, 0.2) is 0 Å². The molecule has 3 aliphatic rings. The van der Waals surface area contributed by atoms with E-state index in [-0.39, 0.29) is 35.4 Å². The first kappa shape index (κ1) is 35.3. The van der Waals surface area contributed by atoms with Gasteiger partial charge in [-0.1, -0.05) is 35.9 Å². The van der Waals surface area contributed by atoms with Crippen molar-refractivity contribution in [3.8, 4) is 5.75 Å². The number of nitrogens with zero attached hydrogens (tertiary/aromatic N) is 2. The lowest BCUT2D eigenvalue weighted by Crippen LogP contribution is -2.62. The molecule has 3 atom stereocenters. The minimum atomic E-state index is -5.81. The first-order chi connectivity index (χ1) is 23.1. The number of benzene rings is 3. The predicted octanol–water partition coefficient (Wildman–Crippen LogP) is 6.47. The number of hydrogen-bond acceptors (Lipinski definition) is 7. The molecule has 3 aromatic rings. The molecule has 49 heavy (non-hydrogen) atoms. The molecule has 16 heteroatoms. The second kappa shape index (κ2) is 13.3. The number of hydrogen-bond donors (Lipinski definition) is 1. The van der Waals surface area contributed by atoms with Crippen LogP contribution in [0.25, 0.3) is 10.8 Å². The number of carbonyl (C=O) groups excluding carboxylic acids is 2. The summed E-state index contributed by atoms with van der Waals surface area (Å²) < 4.78 is 108. The molecule has 2 bridgehead atoms. The number of nitrogens with two attached hydrogens (primary N) is 1. The summed E-state index contributed by atoms with van der Waals surface area (Å²) in [6, 6.07) is 6.72. The number of rotatable bonds is 9. The highest BCUT2D eigenvalue weighted by Gasteiger charge is 2.60. The van der Waals surface area contributed by atoms with Crippen LogP contribution in [0, 0.1) is 0 Å². The molecule has 0 radical (unpaired) electrons. The zero-order chi connectivity index (χ0) is 35.3. The van der Waals surface area contributed by atoms with Crippen LogP contribution in [-0.4, -0.2) is 66.1 Å². The van der Waals surface area contributed by atoms with Crippen LogP contribution < -0.4 is 10.5 Å². The Hall–Kier alpha value is -3.53. The lowest BCUT2D eigenvalue weighted by molar-refractivity contribution is -0.240. The predicted molar refractivity (Wildman–Crippen MR) is 168 cm³/mol. The summed E-state index contributed by atoms with van der Waals surface area (Å²) in [7, 11) is -5.60. The van der Waals surface area contributed by atoms with Crippen LogP contribution in [0.2, 0.25) is 5.02 Å². The fraction of sp³-hybridized carbons (Fsp3) is 0.455. The van der Waals surface area contributed by atoms with Gasteiger partial charge in [-0.3, -0.25) is 4.79 Å². The Bertz CT molecular complexity index is 1820. The molecule has 2 unspecified atom stereocenters. The van der Waals surface area contributed by atoms with Crippen molar-refractivity contribution in [2.45, 2.75) is 98.6 Å². The number of amides is 1. The molecule has 1 saturated carbocycles. The molecule has 264 valence electrons. The maximum Gasteiger partial charge on any atom is 0.492 e. The molecule has 0 spiro atoms. The summed E-state index contributed by atoms with van der Waals surface area (Å²) in [6.45, 7) is 0. The van der Waals surface area contributed by atoms with E-state index in [9.17, 15) is 31.2 Å². The van der Waals surface area contributed by atoms with Crippen LogP contribution in [0.4, 0.5) is 22.0 Å². The Kier molecular flexibility index (Phi) is 9.59. The van der Waals surface area contributed by atoms with Gasteiger partial charge in [0.1, 0.15) is 5.75 Å². The number of halogens is 6. The van der Waals surface area contributed by atoms with E-state index in [1.807, 2.05) is 0 Å². The molecular weight excluding hydrogens is 697 g/mol. The van der Waals surface area contributed by atoms with Gasteiger partial charge in [0, 0.05) is 28.7 Å². The lowest BCUT2D eigenvalue weighted by Gasteiger charge is -2.42. The SMILES string of the molecule is NC1CC2CCC(C1)N2C(=O)[C@@H](N(OC(=O)C(F)(F)F)S(=O)(=O)c1ccc2cc(OC3CCCC3)ccc2c1)C(F)(F)c1ccc(Cl)cc1. The van der Waals surface area contributed by atoms with E-state index in [0.29, 0.717) is 24.0 Å². The molecule has 2 saturated heterocycles. The Labute approximate surface area is 284 Å². The quantitative estimate of drug-likeness (QED) is 0.198. The van der Waals surface area contributed by atoms with E-state index in [4.69, 9.17) is 22.1 Å². The first-order valence-electron chi connectivity index (χ1n) is 15.8. The average Bonchev–Trinajstić information content (AvgIpc) is 3.65. The van der Waals surface area contributed by atoms with Crippen molar-refractivity contribution in [2.24, 2.45) is 5.73 Å². The third-order valence-electron chi connectivity index (χ3n) is 9.37. The molecule has 3 aromatic carbocycles. The molecular formula is C33H33ClF5N3O6S. The molecule has 3 fully saturated rings. The summed E-state index contributed by atoms with van der Waals surface area (Å²) >= 11 is 5.88. The zero-order valence-electron chi connectivity index (χ0n) is 25.9. The summed E-state index contributed by atoms with van der Waals surface area (Å²) in [5.41, 5.74) is 5.14. The van der Waals surface area contributed by atoms with Crippen LogP contribution >= 0.6 is 11.6 Å². The van der Waals surface area contributed by atoms with E-state index in [0.717, 1.165) is 67.0 Å². The van der Waals surface area contributed by atoms with Gasteiger partial charge in [-0.25, -0.2) is 13.2 Å². The van der Waals surface area contributed by atoms with Gasteiger partial charge in [-0.05, 0) is 103 Å². The number of alkyl halides is 5. The number of hydroxylamine groups is 1. The fourth-order valence-electron chi connectivity index (χ4n) is 7.04. The van der Waals surface area contributed by atoms with Crippen molar-refractivity contribution >= 4 is 44.3 Å². The molecule has 2 aliphatic heterocycles. The Morgan fingerprint density at radius 2 is 1.47 bits per heavy atom. The van der Waals surface area contributed by atoms with E-state index < -0.39 is 67.1 Å². The van der Waals surface area contributed by atoms with Gasteiger partial charge < -0.3 is 20.2 Å². The van der Waals surface area contributed by atoms with Crippen molar-refractivity contribution in [2.75, 3.05) is 0 Å². The minimum Gasteiger partial charge on any atom is -0.490 e. The monoisotopic (exact) mass is 729 g/mol. The van der Waals surface area contributed by atoms with E-state index >= 15 is 8.78 Å². The number of sulfonamides is 1. The van der Waals surface area contributed by atoms with Crippen molar-refractivity contribution in [3.63, 3.8) is 0 Å². The van der Waals surface area contributed by atoms with Crippen LogP contribution in [0.3, 0.4) is 0 Å². The van der Waals surface area contributed by atoms with Gasteiger partial charge in [-0.15, -0.1) is 0 Å². The second-order valence-electron chi connectivity index (χ2n) is 12.7. The molecule has 0 aromatic heterocycles.